The van der Waals surface area contributed by atoms with Crippen molar-refractivity contribution in [2.45, 2.75) is 0 Å². The fourth-order valence-corrected chi connectivity index (χ4v) is 1.57. The van der Waals surface area contributed by atoms with Crippen LogP contribution >= 0.6 is 0 Å². The van der Waals surface area contributed by atoms with Crippen LogP contribution < -0.4 is 0 Å². The van der Waals surface area contributed by atoms with Gasteiger partial charge in [0.05, 0.1) is 0 Å². The normalized spacial score (nSPS) is 10.1. The molecule has 0 atom stereocenters. The van der Waals surface area contributed by atoms with Crippen LogP contribution in [0.4, 0.5) is 8.78 Å². The first kappa shape index (κ1) is 13.7. The second-order valence-electron chi connectivity index (χ2n) is 4.00. The Bertz CT molecular complexity index is 614. The number of hydrogen-bond acceptors (Lipinski definition) is 3. The summed E-state index contributed by atoms with van der Waals surface area (Å²) in [4.78, 5) is 35.3. The molecule has 100 valence electrons. The van der Waals surface area contributed by atoms with E-state index < -0.39 is 29.0 Å². The Balaban J connectivity index is 2.22. The van der Waals surface area contributed by atoms with Crippen molar-refractivity contribution in [3.63, 3.8) is 0 Å². The number of carbonyl (C=O) groups excluding carboxylic acids is 3. The van der Waals surface area contributed by atoms with Crippen LogP contribution in [0.2, 0.25) is 0 Å². The van der Waals surface area contributed by atoms with E-state index in [0.29, 0.717) is 0 Å². The molecule has 5 heteroatoms. The Labute approximate surface area is 112 Å². The summed E-state index contributed by atoms with van der Waals surface area (Å²) in [6.45, 7) is 0. The molecule has 0 aliphatic rings. The summed E-state index contributed by atoms with van der Waals surface area (Å²) in [5, 5.41) is 0. The number of Topliss-reactive ketones (excluding diaryl/α,β-unsaturated/α-hetero) is 3. The summed E-state index contributed by atoms with van der Waals surface area (Å²) in [6, 6.07) is 8.54. The highest BCUT2D eigenvalue weighted by molar-refractivity contribution is 6.69. The average Bonchev–Trinajstić information content (AvgIpc) is 2.46. The Morgan fingerprint density at radius 3 is 1.20 bits per heavy atom. The zero-order valence-electron chi connectivity index (χ0n) is 10.1. The molecule has 2 rings (SSSR count). The fraction of sp³-hybridized carbons (Fsp3) is 0. The third-order valence-electron chi connectivity index (χ3n) is 2.63. The molecule has 0 aliphatic heterocycles. The molecule has 0 N–H and O–H groups in total. The van der Waals surface area contributed by atoms with Crippen LogP contribution in [-0.2, 0) is 4.79 Å². The average molecular weight is 274 g/mol. The number of ketones is 3. The molecule has 0 aromatic heterocycles. The lowest BCUT2D eigenvalue weighted by atomic mass is 10.0. The Kier molecular flexibility index (Phi) is 3.79. The van der Waals surface area contributed by atoms with E-state index in [1.54, 1.807) is 0 Å². The third-order valence-corrected chi connectivity index (χ3v) is 2.63. The number of rotatable bonds is 4. The lowest BCUT2D eigenvalue weighted by molar-refractivity contribution is -0.111. The smallest absolute Gasteiger partial charge is 0.273 e. The maximum atomic E-state index is 12.7. The first-order chi connectivity index (χ1) is 9.49. The summed E-state index contributed by atoms with van der Waals surface area (Å²) in [5.41, 5.74) is -0.154. The molecule has 2 aromatic carbocycles. The van der Waals surface area contributed by atoms with Gasteiger partial charge in [0.2, 0.25) is 11.6 Å². The van der Waals surface area contributed by atoms with Gasteiger partial charge in [-0.15, -0.1) is 0 Å². The highest BCUT2D eigenvalue weighted by Gasteiger charge is 2.25. The SMILES string of the molecule is O=C(C(=O)c1ccc(F)cc1)C(=O)c1ccc(F)cc1. The van der Waals surface area contributed by atoms with E-state index in [4.69, 9.17) is 0 Å². The highest BCUT2D eigenvalue weighted by atomic mass is 19.1. The van der Waals surface area contributed by atoms with Crippen molar-refractivity contribution < 1.29 is 23.2 Å². The molecule has 0 saturated carbocycles. The number of hydrogen-bond donors (Lipinski definition) is 0. The van der Waals surface area contributed by atoms with Crippen molar-refractivity contribution in [3.8, 4) is 0 Å². The molecule has 0 aliphatic carbocycles. The maximum Gasteiger partial charge on any atom is 0.273 e. The lowest BCUT2D eigenvalue weighted by Crippen LogP contribution is -2.24. The van der Waals surface area contributed by atoms with Gasteiger partial charge >= 0.3 is 0 Å². The molecule has 0 unspecified atom stereocenters. The minimum absolute atomic E-state index is 0.0770. The first-order valence-electron chi connectivity index (χ1n) is 5.63. The second-order valence-corrected chi connectivity index (χ2v) is 4.00. The predicted octanol–water partition coefficient (Wildman–Crippen LogP) is 2.60. The zero-order chi connectivity index (χ0) is 14.7. The molecular formula is C15H8F2O3. The van der Waals surface area contributed by atoms with Crippen molar-refractivity contribution in [1.29, 1.82) is 0 Å². The van der Waals surface area contributed by atoms with Crippen molar-refractivity contribution >= 4 is 17.3 Å². The van der Waals surface area contributed by atoms with Gasteiger partial charge in [0.25, 0.3) is 5.78 Å². The Morgan fingerprint density at radius 2 is 0.900 bits per heavy atom. The quantitative estimate of drug-likeness (QED) is 0.489. The van der Waals surface area contributed by atoms with E-state index in [-0.39, 0.29) is 11.1 Å². The topological polar surface area (TPSA) is 51.2 Å². The van der Waals surface area contributed by atoms with Gasteiger partial charge in [-0.1, -0.05) is 0 Å². The molecule has 0 bridgehead atoms. The minimum atomic E-state index is -1.25. The van der Waals surface area contributed by atoms with E-state index in [1.165, 1.54) is 0 Å². The van der Waals surface area contributed by atoms with Crippen LogP contribution in [-0.4, -0.2) is 17.3 Å². The molecule has 0 fully saturated rings. The zero-order valence-corrected chi connectivity index (χ0v) is 10.1. The second kappa shape index (κ2) is 5.52. The predicted molar refractivity (Wildman–Crippen MR) is 66.5 cm³/mol. The molecule has 3 nitrogen and oxygen atoms in total. The fourth-order valence-electron chi connectivity index (χ4n) is 1.57. The van der Waals surface area contributed by atoms with Crippen molar-refractivity contribution in [2.24, 2.45) is 0 Å². The standard InChI is InChI=1S/C15H8F2O3/c16-11-5-1-9(2-6-11)13(18)15(20)14(19)10-3-7-12(17)8-4-10/h1-8H. The van der Waals surface area contributed by atoms with Gasteiger partial charge in [0, 0.05) is 11.1 Å². The van der Waals surface area contributed by atoms with Crippen LogP contribution in [0.3, 0.4) is 0 Å². The van der Waals surface area contributed by atoms with Crippen molar-refractivity contribution in [2.75, 3.05) is 0 Å². The largest absolute Gasteiger partial charge is 0.285 e. The molecule has 0 heterocycles. The molecule has 0 amide bonds. The van der Waals surface area contributed by atoms with Gasteiger partial charge in [-0.3, -0.25) is 14.4 Å². The van der Waals surface area contributed by atoms with E-state index in [2.05, 4.69) is 0 Å². The van der Waals surface area contributed by atoms with E-state index in [9.17, 15) is 23.2 Å². The van der Waals surface area contributed by atoms with Gasteiger partial charge in [0.1, 0.15) is 11.6 Å². The maximum absolute atomic E-state index is 12.7. The van der Waals surface area contributed by atoms with E-state index in [1.807, 2.05) is 0 Å². The van der Waals surface area contributed by atoms with Gasteiger partial charge in [-0.05, 0) is 48.5 Å². The molecule has 20 heavy (non-hydrogen) atoms. The Morgan fingerprint density at radius 1 is 0.600 bits per heavy atom. The molecule has 0 saturated heterocycles. The highest BCUT2D eigenvalue weighted by Crippen LogP contribution is 2.09. The van der Waals surface area contributed by atoms with Crippen molar-refractivity contribution in [1.82, 2.24) is 0 Å². The number of halogens is 2. The van der Waals surface area contributed by atoms with E-state index in [0.717, 1.165) is 48.5 Å². The van der Waals surface area contributed by atoms with Crippen LogP contribution in [0.25, 0.3) is 0 Å². The van der Waals surface area contributed by atoms with Gasteiger partial charge in [-0.2, -0.15) is 0 Å². The van der Waals surface area contributed by atoms with Gasteiger partial charge in [0.15, 0.2) is 0 Å². The van der Waals surface area contributed by atoms with Crippen molar-refractivity contribution in [3.05, 3.63) is 71.3 Å². The third kappa shape index (κ3) is 2.83. The summed E-state index contributed by atoms with van der Waals surface area (Å²) < 4.78 is 25.4. The summed E-state index contributed by atoms with van der Waals surface area (Å²) >= 11 is 0. The van der Waals surface area contributed by atoms with Crippen LogP contribution in [0.5, 0.6) is 0 Å². The van der Waals surface area contributed by atoms with Crippen LogP contribution in [0.1, 0.15) is 20.7 Å². The summed E-state index contributed by atoms with van der Waals surface area (Å²) in [5.74, 6) is -4.42. The molecular weight excluding hydrogens is 266 g/mol. The monoisotopic (exact) mass is 274 g/mol. The van der Waals surface area contributed by atoms with Crippen LogP contribution in [0.15, 0.2) is 48.5 Å². The number of benzene rings is 2. The molecule has 0 radical (unpaired) electrons. The van der Waals surface area contributed by atoms with Gasteiger partial charge in [-0.25, -0.2) is 8.78 Å². The minimum Gasteiger partial charge on any atom is -0.285 e. The lowest BCUT2D eigenvalue weighted by Gasteiger charge is -2.00. The molecule has 2 aromatic rings. The first-order valence-corrected chi connectivity index (χ1v) is 5.63. The summed E-state index contributed by atoms with van der Waals surface area (Å²) in [7, 11) is 0. The Hall–Kier alpha value is -2.69. The van der Waals surface area contributed by atoms with Gasteiger partial charge < -0.3 is 0 Å². The summed E-state index contributed by atoms with van der Waals surface area (Å²) in [6.07, 6.45) is 0. The van der Waals surface area contributed by atoms with E-state index >= 15 is 0 Å². The molecule has 0 spiro atoms. The van der Waals surface area contributed by atoms with Crippen LogP contribution in [0, 0.1) is 11.6 Å². The number of carbonyl (C=O) groups is 3.